The third-order valence-corrected chi connectivity index (χ3v) is 2.29. The SMILES string of the molecule is COC(=O)[C@H](NNC(=O)OC(C)(C)C)c1ccccc1. The quantitative estimate of drug-likeness (QED) is 0.651. The first-order valence-corrected chi connectivity index (χ1v) is 6.21. The fourth-order valence-electron chi connectivity index (χ4n) is 1.48. The van der Waals surface area contributed by atoms with Crippen molar-refractivity contribution in [2.75, 3.05) is 7.11 Å². The van der Waals surface area contributed by atoms with Crippen molar-refractivity contribution in [3.05, 3.63) is 35.9 Å². The van der Waals surface area contributed by atoms with E-state index in [9.17, 15) is 9.59 Å². The predicted octanol–water partition coefficient (Wildman–Crippen LogP) is 1.93. The second-order valence-corrected chi connectivity index (χ2v) is 5.14. The van der Waals surface area contributed by atoms with E-state index < -0.39 is 23.7 Å². The van der Waals surface area contributed by atoms with E-state index in [4.69, 9.17) is 9.47 Å². The summed E-state index contributed by atoms with van der Waals surface area (Å²) in [5.41, 5.74) is 5.02. The van der Waals surface area contributed by atoms with Crippen molar-refractivity contribution in [1.29, 1.82) is 0 Å². The van der Waals surface area contributed by atoms with Gasteiger partial charge in [-0.25, -0.2) is 15.0 Å². The Labute approximate surface area is 118 Å². The molecule has 0 fully saturated rings. The fourth-order valence-corrected chi connectivity index (χ4v) is 1.48. The molecule has 110 valence electrons. The lowest BCUT2D eigenvalue weighted by Gasteiger charge is -2.22. The van der Waals surface area contributed by atoms with Crippen LogP contribution in [0, 0.1) is 0 Å². The maximum absolute atomic E-state index is 11.7. The van der Waals surface area contributed by atoms with Gasteiger partial charge in [-0.15, -0.1) is 0 Å². The predicted molar refractivity (Wildman–Crippen MR) is 73.7 cm³/mol. The molecule has 0 aliphatic rings. The standard InChI is InChI=1S/C14H20N2O4/c1-14(2,3)20-13(18)16-15-11(12(17)19-4)10-8-6-5-7-9-10/h5-9,11,15H,1-4H3,(H,16,18)/t11-/m1/s1. The third-order valence-electron chi connectivity index (χ3n) is 2.29. The van der Waals surface area contributed by atoms with Crippen molar-refractivity contribution in [1.82, 2.24) is 10.9 Å². The largest absolute Gasteiger partial charge is 0.468 e. The maximum atomic E-state index is 11.7. The van der Waals surface area contributed by atoms with Gasteiger partial charge in [0.05, 0.1) is 7.11 Å². The molecule has 0 unspecified atom stereocenters. The van der Waals surface area contributed by atoms with Crippen molar-refractivity contribution in [3.63, 3.8) is 0 Å². The summed E-state index contributed by atoms with van der Waals surface area (Å²) in [5, 5.41) is 0. The molecule has 1 aromatic carbocycles. The van der Waals surface area contributed by atoms with Crippen LogP contribution in [0.2, 0.25) is 0 Å². The van der Waals surface area contributed by atoms with Gasteiger partial charge >= 0.3 is 12.1 Å². The lowest BCUT2D eigenvalue weighted by molar-refractivity contribution is -0.143. The Morgan fingerprint density at radius 3 is 2.25 bits per heavy atom. The Morgan fingerprint density at radius 1 is 1.15 bits per heavy atom. The number of esters is 1. The molecule has 0 spiro atoms. The Balaban J connectivity index is 2.68. The number of methoxy groups -OCH3 is 1. The van der Waals surface area contributed by atoms with Crippen LogP contribution < -0.4 is 10.9 Å². The summed E-state index contributed by atoms with van der Waals surface area (Å²) in [5.74, 6) is -0.507. The van der Waals surface area contributed by atoms with Crippen molar-refractivity contribution in [2.24, 2.45) is 0 Å². The zero-order valence-corrected chi connectivity index (χ0v) is 12.1. The number of carbonyl (C=O) groups excluding carboxylic acids is 2. The number of ether oxygens (including phenoxy) is 2. The monoisotopic (exact) mass is 280 g/mol. The number of hydrogen-bond donors (Lipinski definition) is 2. The van der Waals surface area contributed by atoms with Gasteiger partial charge in [0.15, 0.2) is 0 Å². The highest BCUT2D eigenvalue weighted by Gasteiger charge is 2.23. The molecule has 20 heavy (non-hydrogen) atoms. The molecule has 1 amide bonds. The van der Waals surface area contributed by atoms with E-state index in [2.05, 4.69) is 10.9 Å². The summed E-state index contributed by atoms with van der Waals surface area (Å²) >= 11 is 0. The lowest BCUT2D eigenvalue weighted by atomic mass is 10.1. The first kappa shape index (κ1) is 16.0. The fraction of sp³-hybridized carbons (Fsp3) is 0.429. The summed E-state index contributed by atoms with van der Waals surface area (Å²) in [4.78, 5) is 23.3. The van der Waals surface area contributed by atoms with E-state index in [-0.39, 0.29) is 0 Å². The van der Waals surface area contributed by atoms with E-state index in [0.29, 0.717) is 5.56 Å². The van der Waals surface area contributed by atoms with Crippen LogP contribution >= 0.6 is 0 Å². The molecule has 0 aliphatic carbocycles. The van der Waals surface area contributed by atoms with E-state index in [0.717, 1.165) is 0 Å². The smallest absolute Gasteiger partial charge is 0.422 e. The van der Waals surface area contributed by atoms with E-state index >= 15 is 0 Å². The van der Waals surface area contributed by atoms with Gasteiger partial charge in [0.2, 0.25) is 0 Å². The van der Waals surface area contributed by atoms with E-state index in [1.807, 2.05) is 6.07 Å². The second-order valence-electron chi connectivity index (χ2n) is 5.14. The molecule has 1 atom stereocenters. The number of rotatable bonds is 4. The summed E-state index contributed by atoms with van der Waals surface area (Å²) in [6.07, 6.45) is -0.665. The number of hydrogen-bond acceptors (Lipinski definition) is 5. The highest BCUT2D eigenvalue weighted by atomic mass is 16.6. The van der Waals surface area contributed by atoms with E-state index in [1.165, 1.54) is 7.11 Å². The van der Waals surface area contributed by atoms with Crippen LogP contribution in [0.15, 0.2) is 30.3 Å². The molecule has 0 saturated carbocycles. The topological polar surface area (TPSA) is 76.7 Å². The number of benzene rings is 1. The lowest BCUT2D eigenvalue weighted by Crippen LogP contribution is -2.45. The normalized spacial score (nSPS) is 12.4. The summed E-state index contributed by atoms with van der Waals surface area (Å²) < 4.78 is 9.78. The third kappa shape index (κ3) is 5.27. The zero-order valence-electron chi connectivity index (χ0n) is 12.1. The summed E-state index contributed by atoms with van der Waals surface area (Å²) in [6, 6.07) is 8.13. The maximum Gasteiger partial charge on any atom is 0.422 e. The Kier molecular flexibility index (Phi) is 5.52. The molecule has 1 rings (SSSR count). The van der Waals surface area contributed by atoms with Gasteiger partial charge in [-0.1, -0.05) is 30.3 Å². The minimum atomic E-state index is -0.797. The van der Waals surface area contributed by atoms with E-state index in [1.54, 1.807) is 45.0 Å². The van der Waals surface area contributed by atoms with Gasteiger partial charge in [-0.05, 0) is 26.3 Å². The number of carbonyl (C=O) groups is 2. The number of nitrogens with one attached hydrogen (secondary N) is 2. The molecule has 0 bridgehead atoms. The molecule has 0 radical (unpaired) electrons. The van der Waals surface area contributed by atoms with Crippen LogP contribution in [0.3, 0.4) is 0 Å². The van der Waals surface area contributed by atoms with Crippen molar-refractivity contribution in [2.45, 2.75) is 32.4 Å². The highest BCUT2D eigenvalue weighted by molar-refractivity contribution is 5.78. The first-order valence-electron chi connectivity index (χ1n) is 6.21. The molecule has 6 heteroatoms. The van der Waals surface area contributed by atoms with Crippen LogP contribution in [-0.4, -0.2) is 24.8 Å². The molecule has 0 heterocycles. The molecule has 1 aromatic rings. The van der Waals surface area contributed by atoms with Crippen LogP contribution in [0.5, 0.6) is 0 Å². The first-order chi connectivity index (χ1) is 9.33. The van der Waals surface area contributed by atoms with Crippen molar-refractivity contribution < 1.29 is 19.1 Å². The van der Waals surface area contributed by atoms with Gasteiger partial charge < -0.3 is 9.47 Å². The Morgan fingerprint density at radius 2 is 1.75 bits per heavy atom. The molecule has 0 aromatic heterocycles. The van der Waals surface area contributed by atoms with Gasteiger partial charge in [0, 0.05) is 0 Å². The average molecular weight is 280 g/mol. The zero-order chi connectivity index (χ0) is 15.2. The minimum Gasteiger partial charge on any atom is -0.468 e. The van der Waals surface area contributed by atoms with Gasteiger partial charge in [0.1, 0.15) is 11.6 Å². The van der Waals surface area contributed by atoms with Gasteiger partial charge in [-0.2, -0.15) is 0 Å². The molecule has 0 aliphatic heterocycles. The minimum absolute atomic E-state index is 0.507. The number of hydrazine groups is 1. The van der Waals surface area contributed by atoms with Crippen LogP contribution in [0.1, 0.15) is 32.4 Å². The molecular formula is C14H20N2O4. The van der Waals surface area contributed by atoms with Crippen molar-refractivity contribution in [3.8, 4) is 0 Å². The summed E-state index contributed by atoms with van der Waals surface area (Å²) in [7, 11) is 1.29. The molecule has 2 N–H and O–H groups in total. The van der Waals surface area contributed by atoms with Crippen LogP contribution in [0.25, 0.3) is 0 Å². The Bertz CT molecular complexity index is 454. The van der Waals surface area contributed by atoms with Crippen LogP contribution in [-0.2, 0) is 14.3 Å². The highest BCUT2D eigenvalue weighted by Crippen LogP contribution is 2.13. The number of amides is 1. The molecule has 6 nitrogen and oxygen atoms in total. The van der Waals surface area contributed by atoms with Crippen LogP contribution in [0.4, 0.5) is 4.79 Å². The average Bonchev–Trinajstić information content (AvgIpc) is 2.37. The van der Waals surface area contributed by atoms with Crippen molar-refractivity contribution >= 4 is 12.1 Å². The summed E-state index contributed by atoms with van der Waals surface area (Å²) in [6.45, 7) is 5.25. The second kappa shape index (κ2) is 6.91. The Hall–Kier alpha value is -2.08. The van der Waals surface area contributed by atoms with Gasteiger partial charge in [-0.3, -0.25) is 5.43 Å². The van der Waals surface area contributed by atoms with Gasteiger partial charge in [0.25, 0.3) is 0 Å². The molecule has 0 saturated heterocycles. The molecular weight excluding hydrogens is 260 g/mol.